The number of nitrogens with one attached hydrogen (secondary N) is 1. The van der Waals surface area contributed by atoms with E-state index in [0.717, 1.165) is 32.2 Å². The van der Waals surface area contributed by atoms with E-state index < -0.39 is 0 Å². The number of hydrogen-bond acceptors (Lipinski definition) is 3. The molecule has 0 radical (unpaired) electrons. The fourth-order valence-electron chi connectivity index (χ4n) is 2.24. The maximum atomic E-state index is 5.59. The van der Waals surface area contributed by atoms with E-state index in [-0.39, 0.29) is 0 Å². The molecule has 0 saturated heterocycles. The number of H-pyrrole nitrogens is 1. The highest BCUT2D eigenvalue weighted by molar-refractivity contribution is 7.99. The summed E-state index contributed by atoms with van der Waals surface area (Å²) in [5.74, 6) is 1.78. The van der Waals surface area contributed by atoms with Gasteiger partial charge >= 0.3 is 0 Å². The molecule has 0 saturated carbocycles. The first-order valence-electron chi connectivity index (χ1n) is 6.86. The monoisotopic (exact) mass is 299 g/mol. The van der Waals surface area contributed by atoms with Crippen molar-refractivity contribution in [2.75, 3.05) is 13.7 Å². The fourth-order valence-corrected chi connectivity index (χ4v) is 3.27. The van der Waals surface area contributed by atoms with Crippen LogP contribution >= 0.6 is 11.8 Å². The van der Waals surface area contributed by atoms with Gasteiger partial charge in [0.2, 0.25) is 0 Å². The summed E-state index contributed by atoms with van der Waals surface area (Å²) in [6.45, 7) is 2.66. The fraction of sp³-hybridized carbons (Fsp3) is 0.176. The Morgan fingerprint density at radius 3 is 2.76 bits per heavy atom. The van der Waals surface area contributed by atoms with E-state index in [9.17, 15) is 0 Å². The Bertz CT molecular complexity index is 751. The maximum Gasteiger partial charge on any atom is 0.132 e. The first-order valence-corrected chi connectivity index (χ1v) is 7.68. The molecular formula is C17H17NO2S. The summed E-state index contributed by atoms with van der Waals surface area (Å²) in [6, 6.07) is 14.1. The minimum Gasteiger partial charge on any atom is -0.496 e. The van der Waals surface area contributed by atoms with Crippen LogP contribution in [0.1, 0.15) is 6.92 Å². The molecule has 0 aliphatic heterocycles. The predicted octanol–water partition coefficient (Wildman–Crippen LogP) is 4.73. The second-order valence-electron chi connectivity index (χ2n) is 4.55. The molecule has 1 heterocycles. The van der Waals surface area contributed by atoms with Crippen LogP contribution in [0, 0.1) is 0 Å². The second kappa shape index (κ2) is 6.14. The molecule has 3 aromatic rings. The minimum absolute atomic E-state index is 0.672. The molecule has 0 aliphatic rings. The van der Waals surface area contributed by atoms with Crippen LogP contribution in [-0.2, 0) is 0 Å². The number of benzene rings is 2. The molecule has 0 atom stereocenters. The van der Waals surface area contributed by atoms with Crippen LogP contribution in [0.2, 0.25) is 0 Å². The highest BCUT2D eigenvalue weighted by Crippen LogP contribution is 2.39. The standard InChI is InChI=1S/C17H17NO2S/c1-3-20-12-8-9-14-13(10-12)17(11-18-14)21-16-7-5-4-6-15(16)19-2/h4-11,18H,3H2,1-2H3. The van der Waals surface area contributed by atoms with Crippen molar-refractivity contribution >= 4 is 22.7 Å². The molecule has 2 aromatic carbocycles. The van der Waals surface area contributed by atoms with E-state index in [1.165, 1.54) is 0 Å². The lowest BCUT2D eigenvalue weighted by molar-refractivity contribution is 0.340. The molecule has 1 aromatic heterocycles. The van der Waals surface area contributed by atoms with Crippen LogP contribution in [-0.4, -0.2) is 18.7 Å². The number of para-hydroxylation sites is 1. The van der Waals surface area contributed by atoms with Gasteiger partial charge in [0.15, 0.2) is 0 Å². The summed E-state index contributed by atoms with van der Waals surface area (Å²) in [6.07, 6.45) is 2.03. The maximum absolute atomic E-state index is 5.59. The molecule has 3 rings (SSSR count). The lowest BCUT2D eigenvalue weighted by Gasteiger charge is -2.07. The van der Waals surface area contributed by atoms with Crippen molar-refractivity contribution in [3.05, 3.63) is 48.7 Å². The van der Waals surface area contributed by atoms with Crippen molar-refractivity contribution in [2.24, 2.45) is 0 Å². The zero-order valence-electron chi connectivity index (χ0n) is 12.1. The lowest BCUT2D eigenvalue weighted by Crippen LogP contribution is -1.90. The van der Waals surface area contributed by atoms with Gasteiger partial charge in [-0.05, 0) is 37.3 Å². The molecule has 0 amide bonds. The van der Waals surface area contributed by atoms with E-state index >= 15 is 0 Å². The van der Waals surface area contributed by atoms with Crippen LogP contribution in [0.5, 0.6) is 11.5 Å². The molecule has 4 heteroatoms. The van der Waals surface area contributed by atoms with Gasteiger partial charge in [0.05, 0.1) is 18.6 Å². The smallest absolute Gasteiger partial charge is 0.132 e. The van der Waals surface area contributed by atoms with Gasteiger partial charge < -0.3 is 14.5 Å². The molecule has 21 heavy (non-hydrogen) atoms. The molecule has 0 aliphatic carbocycles. The summed E-state index contributed by atoms with van der Waals surface area (Å²) >= 11 is 1.69. The number of hydrogen-bond donors (Lipinski definition) is 1. The number of rotatable bonds is 5. The van der Waals surface area contributed by atoms with Crippen molar-refractivity contribution in [2.45, 2.75) is 16.7 Å². The van der Waals surface area contributed by atoms with Crippen molar-refractivity contribution in [1.29, 1.82) is 0 Å². The van der Waals surface area contributed by atoms with E-state index in [1.54, 1.807) is 18.9 Å². The van der Waals surface area contributed by atoms with Crippen LogP contribution in [0.25, 0.3) is 10.9 Å². The number of aromatic amines is 1. The average Bonchev–Trinajstić information content (AvgIpc) is 2.91. The molecule has 1 N–H and O–H groups in total. The first-order chi connectivity index (χ1) is 10.3. The molecular weight excluding hydrogens is 282 g/mol. The van der Waals surface area contributed by atoms with Crippen molar-refractivity contribution < 1.29 is 9.47 Å². The van der Waals surface area contributed by atoms with Crippen molar-refractivity contribution in [1.82, 2.24) is 4.98 Å². The third kappa shape index (κ3) is 2.85. The third-order valence-corrected chi connectivity index (χ3v) is 4.33. The topological polar surface area (TPSA) is 34.2 Å². The Morgan fingerprint density at radius 1 is 1.10 bits per heavy atom. The van der Waals surface area contributed by atoms with Gasteiger partial charge in [0.25, 0.3) is 0 Å². The number of aromatic nitrogens is 1. The zero-order chi connectivity index (χ0) is 14.7. The largest absolute Gasteiger partial charge is 0.496 e. The van der Waals surface area contributed by atoms with Crippen LogP contribution in [0.15, 0.2) is 58.5 Å². The highest BCUT2D eigenvalue weighted by atomic mass is 32.2. The minimum atomic E-state index is 0.672. The number of methoxy groups -OCH3 is 1. The normalized spacial score (nSPS) is 10.8. The van der Waals surface area contributed by atoms with Crippen LogP contribution in [0.3, 0.4) is 0 Å². The van der Waals surface area contributed by atoms with Crippen molar-refractivity contribution in [3.63, 3.8) is 0 Å². The quantitative estimate of drug-likeness (QED) is 0.739. The lowest BCUT2D eigenvalue weighted by atomic mass is 10.2. The second-order valence-corrected chi connectivity index (χ2v) is 5.63. The van der Waals surface area contributed by atoms with Gasteiger partial charge in [-0.1, -0.05) is 23.9 Å². The average molecular weight is 299 g/mol. The molecule has 0 unspecified atom stereocenters. The van der Waals surface area contributed by atoms with Gasteiger partial charge in [-0.3, -0.25) is 0 Å². The predicted molar refractivity (Wildman–Crippen MR) is 86.6 cm³/mol. The SMILES string of the molecule is CCOc1ccc2[nH]cc(Sc3ccccc3OC)c2c1. The van der Waals surface area contributed by atoms with E-state index in [0.29, 0.717) is 6.61 Å². The summed E-state index contributed by atoms with van der Waals surface area (Å²) in [7, 11) is 1.70. The van der Waals surface area contributed by atoms with Crippen LogP contribution < -0.4 is 9.47 Å². The Balaban J connectivity index is 1.98. The molecule has 0 bridgehead atoms. The number of ether oxygens (including phenoxy) is 2. The van der Waals surface area contributed by atoms with Gasteiger partial charge in [0, 0.05) is 22.0 Å². The highest BCUT2D eigenvalue weighted by Gasteiger charge is 2.09. The Morgan fingerprint density at radius 2 is 1.95 bits per heavy atom. The Labute approximate surface area is 128 Å². The summed E-state index contributed by atoms with van der Waals surface area (Å²) in [5.41, 5.74) is 1.11. The summed E-state index contributed by atoms with van der Waals surface area (Å²) < 4.78 is 11.0. The molecule has 108 valence electrons. The molecule has 0 spiro atoms. The van der Waals surface area contributed by atoms with E-state index in [2.05, 4.69) is 17.1 Å². The number of fused-ring (bicyclic) bond motifs is 1. The Kier molecular flexibility index (Phi) is 4.06. The Hall–Kier alpha value is -2.07. The van der Waals surface area contributed by atoms with E-state index in [4.69, 9.17) is 9.47 Å². The van der Waals surface area contributed by atoms with Gasteiger partial charge in [-0.15, -0.1) is 0 Å². The summed E-state index contributed by atoms with van der Waals surface area (Å²) in [5, 5.41) is 1.16. The van der Waals surface area contributed by atoms with Gasteiger partial charge in [0.1, 0.15) is 11.5 Å². The molecule has 0 fully saturated rings. The third-order valence-electron chi connectivity index (χ3n) is 3.22. The van der Waals surface area contributed by atoms with Gasteiger partial charge in [-0.25, -0.2) is 0 Å². The molecule has 3 nitrogen and oxygen atoms in total. The van der Waals surface area contributed by atoms with Gasteiger partial charge in [-0.2, -0.15) is 0 Å². The van der Waals surface area contributed by atoms with Crippen molar-refractivity contribution in [3.8, 4) is 11.5 Å². The zero-order valence-corrected chi connectivity index (χ0v) is 12.9. The van der Waals surface area contributed by atoms with E-state index in [1.807, 2.05) is 43.5 Å². The summed E-state index contributed by atoms with van der Waals surface area (Å²) in [4.78, 5) is 5.56. The first kappa shape index (κ1) is 13.9. The van der Waals surface area contributed by atoms with Crippen LogP contribution in [0.4, 0.5) is 0 Å².